The van der Waals surface area contributed by atoms with Gasteiger partial charge in [-0.15, -0.1) is 11.3 Å². The van der Waals surface area contributed by atoms with Gasteiger partial charge in [-0.3, -0.25) is 4.90 Å². The number of hydrogen-bond acceptors (Lipinski definition) is 6. The minimum atomic E-state index is -0.147. The van der Waals surface area contributed by atoms with Crippen molar-refractivity contribution in [1.82, 2.24) is 20.2 Å². The van der Waals surface area contributed by atoms with Crippen LogP contribution in [0.3, 0.4) is 0 Å². The molecule has 2 aromatic heterocycles. The topological polar surface area (TPSA) is 53.4 Å². The van der Waals surface area contributed by atoms with Crippen LogP contribution in [0, 0.1) is 0 Å². The Kier molecular flexibility index (Phi) is 8.75. The van der Waals surface area contributed by atoms with Crippen molar-refractivity contribution >= 4 is 37.3 Å². The lowest BCUT2D eigenvalue weighted by Crippen LogP contribution is -2.45. The summed E-state index contributed by atoms with van der Waals surface area (Å²) in [6.45, 7) is 0. The van der Waals surface area contributed by atoms with Crippen molar-refractivity contribution < 1.29 is 0 Å². The molecular formula is C50H37N5S. The quantitative estimate of drug-likeness (QED) is 0.177. The van der Waals surface area contributed by atoms with Gasteiger partial charge in [0.05, 0.1) is 11.4 Å². The van der Waals surface area contributed by atoms with Gasteiger partial charge in [-0.1, -0.05) is 164 Å². The number of aliphatic imine (C=N–C) groups is 1. The molecule has 0 saturated carbocycles. The Morgan fingerprint density at radius 3 is 1.70 bits per heavy atom. The van der Waals surface area contributed by atoms with E-state index in [0.717, 1.165) is 61.7 Å². The Hall–Kier alpha value is -6.73. The summed E-state index contributed by atoms with van der Waals surface area (Å²) in [5.74, 6) is 1.58. The predicted octanol–water partition coefficient (Wildman–Crippen LogP) is 12.2. The Balaban J connectivity index is 1.11. The van der Waals surface area contributed by atoms with Crippen molar-refractivity contribution in [1.29, 1.82) is 0 Å². The molecule has 7 aromatic carbocycles. The Bertz CT molecular complexity index is 2780. The highest BCUT2D eigenvalue weighted by Crippen LogP contribution is 2.42. The lowest BCUT2D eigenvalue weighted by Gasteiger charge is -2.39. The molecule has 0 aliphatic carbocycles. The summed E-state index contributed by atoms with van der Waals surface area (Å²) in [7, 11) is 2.14. The van der Waals surface area contributed by atoms with Gasteiger partial charge in [0.25, 0.3) is 0 Å². The fourth-order valence-electron chi connectivity index (χ4n) is 7.75. The molecule has 2 unspecified atom stereocenters. The monoisotopic (exact) mass is 739 g/mol. The van der Waals surface area contributed by atoms with E-state index >= 15 is 0 Å². The fourth-order valence-corrected chi connectivity index (χ4v) is 8.88. The zero-order valence-electron chi connectivity index (χ0n) is 30.7. The second kappa shape index (κ2) is 14.5. The van der Waals surface area contributed by atoms with Crippen LogP contribution < -0.4 is 5.32 Å². The minimum absolute atomic E-state index is 0.107. The molecule has 2 atom stereocenters. The van der Waals surface area contributed by atoms with Gasteiger partial charge in [-0.25, -0.2) is 15.0 Å². The number of amidine groups is 1. The number of hydrogen-bond donors (Lipinski definition) is 1. The van der Waals surface area contributed by atoms with E-state index in [-0.39, 0.29) is 12.3 Å². The molecule has 6 heteroatoms. The minimum Gasteiger partial charge on any atom is -0.350 e. The number of fused-ring (bicyclic) bond motifs is 3. The normalized spacial score (nSPS) is 15.8. The second-order valence-electron chi connectivity index (χ2n) is 14.1. The number of benzene rings is 7. The summed E-state index contributed by atoms with van der Waals surface area (Å²) >= 11 is 1.81. The van der Waals surface area contributed by atoms with Gasteiger partial charge in [-0.2, -0.15) is 0 Å². The SMILES string of the molecule is CN1C(c2ccccc2)N=C(c2ccccc2)NC1c1ccc(-c2cc3c(cc2-c2nc(-c4ccccc4)cc(-c4ccccc4)n2)sc2ccccc23)cc1. The molecule has 10 rings (SSSR count). The largest absolute Gasteiger partial charge is 0.350 e. The van der Waals surface area contributed by atoms with Crippen LogP contribution in [-0.2, 0) is 0 Å². The van der Waals surface area contributed by atoms with Crippen LogP contribution >= 0.6 is 11.3 Å². The summed E-state index contributed by atoms with van der Waals surface area (Å²) in [6, 6.07) is 66.1. The van der Waals surface area contributed by atoms with E-state index in [9.17, 15) is 0 Å². The molecule has 1 N–H and O–H groups in total. The third-order valence-corrected chi connectivity index (χ3v) is 11.8. The van der Waals surface area contributed by atoms with E-state index in [1.807, 2.05) is 29.5 Å². The predicted molar refractivity (Wildman–Crippen MR) is 232 cm³/mol. The Morgan fingerprint density at radius 1 is 0.482 bits per heavy atom. The van der Waals surface area contributed by atoms with Gasteiger partial charge in [0.2, 0.25) is 0 Å². The first kappa shape index (κ1) is 33.8. The van der Waals surface area contributed by atoms with Gasteiger partial charge >= 0.3 is 0 Å². The van der Waals surface area contributed by atoms with Crippen molar-refractivity contribution in [2.45, 2.75) is 12.3 Å². The molecule has 0 spiro atoms. The van der Waals surface area contributed by atoms with Crippen LogP contribution in [0.25, 0.3) is 65.2 Å². The summed E-state index contributed by atoms with van der Waals surface area (Å²) < 4.78 is 2.48. The second-order valence-corrected chi connectivity index (χ2v) is 15.2. The van der Waals surface area contributed by atoms with E-state index in [4.69, 9.17) is 15.0 Å². The zero-order chi connectivity index (χ0) is 37.4. The standard InChI is InChI=1S/C50H37N5S/c1-55-49(37-22-12-5-13-23-37)53-47(36-20-10-4-11-21-36)54-50(55)38-28-26-33(27-29-38)40-30-41-39-24-14-15-25-45(39)56-46(41)31-42(40)48-51-43(34-16-6-2-7-17-34)32-44(52-48)35-18-8-3-9-19-35/h2-32,49-50H,1H3,(H,53,54). The van der Waals surface area contributed by atoms with E-state index in [0.29, 0.717) is 5.82 Å². The molecule has 3 heterocycles. The first-order valence-electron chi connectivity index (χ1n) is 18.9. The van der Waals surface area contributed by atoms with Crippen LogP contribution in [0.1, 0.15) is 29.0 Å². The molecular weight excluding hydrogens is 703 g/mol. The summed E-state index contributed by atoms with van der Waals surface area (Å²) in [5.41, 5.74) is 10.5. The third-order valence-electron chi connectivity index (χ3n) is 10.6. The van der Waals surface area contributed by atoms with Crippen molar-refractivity contribution in [3.8, 4) is 45.0 Å². The molecule has 0 fully saturated rings. The van der Waals surface area contributed by atoms with Gasteiger partial charge in [-0.05, 0) is 53.6 Å². The number of nitrogens with zero attached hydrogens (tertiary/aromatic N) is 4. The molecule has 56 heavy (non-hydrogen) atoms. The van der Waals surface area contributed by atoms with Crippen molar-refractivity contribution in [3.05, 3.63) is 205 Å². The Labute approximate surface area is 330 Å². The van der Waals surface area contributed by atoms with Crippen LogP contribution in [0.15, 0.2) is 193 Å². The van der Waals surface area contributed by atoms with Crippen molar-refractivity contribution in [2.75, 3.05) is 7.05 Å². The highest BCUT2D eigenvalue weighted by molar-refractivity contribution is 7.25. The fraction of sp³-hybridized carbons (Fsp3) is 0.0600. The van der Waals surface area contributed by atoms with Gasteiger partial charge in [0, 0.05) is 42.4 Å². The smallest absolute Gasteiger partial charge is 0.161 e. The maximum atomic E-state index is 5.29. The van der Waals surface area contributed by atoms with Crippen molar-refractivity contribution in [2.24, 2.45) is 4.99 Å². The number of rotatable bonds is 7. The average molecular weight is 740 g/mol. The van der Waals surface area contributed by atoms with E-state index in [1.54, 1.807) is 0 Å². The summed E-state index contributed by atoms with van der Waals surface area (Å²) in [4.78, 5) is 18.1. The van der Waals surface area contributed by atoms with Crippen LogP contribution in [0.2, 0.25) is 0 Å². The van der Waals surface area contributed by atoms with Crippen LogP contribution in [-0.4, -0.2) is 27.8 Å². The highest BCUT2D eigenvalue weighted by Gasteiger charge is 2.31. The number of thiophene rings is 1. The lowest BCUT2D eigenvalue weighted by atomic mass is 9.94. The van der Waals surface area contributed by atoms with Gasteiger partial charge in [0.15, 0.2) is 5.82 Å². The molecule has 1 aliphatic rings. The number of aromatic nitrogens is 2. The first-order valence-corrected chi connectivity index (χ1v) is 19.7. The summed E-state index contributed by atoms with van der Waals surface area (Å²) in [6.07, 6.45) is -0.255. The van der Waals surface area contributed by atoms with Gasteiger partial charge < -0.3 is 5.32 Å². The van der Waals surface area contributed by atoms with E-state index in [1.165, 1.54) is 20.2 Å². The molecule has 9 aromatic rings. The van der Waals surface area contributed by atoms with Crippen molar-refractivity contribution in [3.63, 3.8) is 0 Å². The molecule has 0 bridgehead atoms. The molecule has 0 radical (unpaired) electrons. The maximum absolute atomic E-state index is 5.29. The summed E-state index contributed by atoms with van der Waals surface area (Å²) in [5, 5.41) is 6.27. The highest BCUT2D eigenvalue weighted by atomic mass is 32.1. The number of nitrogens with one attached hydrogen (secondary N) is 1. The molecule has 1 aliphatic heterocycles. The zero-order valence-corrected chi connectivity index (χ0v) is 31.6. The van der Waals surface area contributed by atoms with E-state index < -0.39 is 0 Å². The molecule has 0 saturated heterocycles. The maximum Gasteiger partial charge on any atom is 0.161 e. The molecule has 5 nitrogen and oxygen atoms in total. The van der Waals surface area contributed by atoms with E-state index in [2.05, 4.69) is 187 Å². The Morgan fingerprint density at radius 2 is 1.05 bits per heavy atom. The molecule has 0 amide bonds. The average Bonchev–Trinajstić information content (AvgIpc) is 3.65. The lowest BCUT2D eigenvalue weighted by molar-refractivity contribution is 0.152. The van der Waals surface area contributed by atoms with Gasteiger partial charge in [0.1, 0.15) is 18.2 Å². The van der Waals surface area contributed by atoms with Crippen LogP contribution in [0.5, 0.6) is 0 Å². The van der Waals surface area contributed by atoms with Crippen LogP contribution in [0.4, 0.5) is 0 Å². The first-order chi connectivity index (χ1) is 27.7. The third kappa shape index (κ3) is 6.35. The molecule has 268 valence electrons.